The summed E-state index contributed by atoms with van der Waals surface area (Å²) in [6.45, 7) is 5.03. The molecule has 1 fully saturated rings. The van der Waals surface area contributed by atoms with Crippen LogP contribution in [-0.2, 0) is 0 Å². The summed E-state index contributed by atoms with van der Waals surface area (Å²) in [6, 6.07) is 0.492. The molecule has 88 valence electrons. The molecule has 1 N–H and O–H groups in total. The fourth-order valence-corrected chi connectivity index (χ4v) is 2.14. The molecule has 2 amide bonds. The van der Waals surface area contributed by atoms with Crippen molar-refractivity contribution in [3.05, 3.63) is 0 Å². The van der Waals surface area contributed by atoms with Crippen LogP contribution < -0.4 is 5.32 Å². The van der Waals surface area contributed by atoms with Gasteiger partial charge in [-0.2, -0.15) is 0 Å². The number of hydrogen-bond donors (Lipinski definition) is 1. The van der Waals surface area contributed by atoms with Crippen molar-refractivity contribution in [2.45, 2.75) is 52.0 Å². The van der Waals surface area contributed by atoms with Crippen LogP contribution in [0, 0.1) is 5.92 Å². The summed E-state index contributed by atoms with van der Waals surface area (Å²) in [5.41, 5.74) is 0. The molecule has 0 heterocycles. The molecule has 0 aromatic rings. The van der Waals surface area contributed by atoms with Crippen LogP contribution in [0.2, 0.25) is 0 Å². The van der Waals surface area contributed by atoms with Gasteiger partial charge in [0, 0.05) is 19.6 Å². The molecule has 0 aromatic carbocycles. The second-order valence-corrected chi connectivity index (χ2v) is 4.59. The number of hydrogen-bond acceptors (Lipinski definition) is 1. The van der Waals surface area contributed by atoms with E-state index >= 15 is 0 Å². The minimum absolute atomic E-state index is 0.0810. The van der Waals surface area contributed by atoms with Crippen LogP contribution in [0.3, 0.4) is 0 Å². The van der Waals surface area contributed by atoms with Gasteiger partial charge in [-0.15, -0.1) is 0 Å². The fourth-order valence-electron chi connectivity index (χ4n) is 2.14. The first-order chi connectivity index (χ1) is 7.17. The van der Waals surface area contributed by atoms with E-state index in [2.05, 4.69) is 12.2 Å². The first kappa shape index (κ1) is 12.3. The van der Waals surface area contributed by atoms with E-state index in [1.807, 2.05) is 14.0 Å². The molecule has 0 bridgehead atoms. The zero-order chi connectivity index (χ0) is 11.3. The van der Waals surface area contributed by atoms with Crippen LogP contribution >= 0.6 is 0 Å². The highest BCUT2D eigenvalue weighted by molar-refractivity contribution is 5.74. The highest BCUT2D eigenvalue weighted by Crippen LogP contribution is 2.26. The molecular formula is C12H24N2O. The van der Waals surface area contributed by atoms with Crippen molar-refractivity contribution in [2.75, 3.05) is 13.6 Å². The Hall–Kier alpha value is -0.730. The minimum atomic E-state index is 0.0810. The predicted octanol–water partition coefficient (Wildman–Crippen LogP) is 2.62. The lowest BCUT2D eigenvalue weighted by atomic mass is 9.85. The molecule has 0 saturated heterocycles. The van der Waals surface area contributed by atoms with Gasteiger partial charge in [0.2, 0.25) is 0 Å². The van der Waals surface area contributed by atoms with Gasteiger partial charge >= 0.3 is 6.03 Å². The average molecular weight is 212 g/mol. The van der Waals surface area contributed by atoms with Gasteiger partial charge in [0.15, 0.2) is 0 Å². The van der Waals surface area contributed by atoms with E-state index in [0.717, 1.165) is 25.3 Å². The smallest absolute Gasteiger partial charge is 0.317 e. The van der Waals surface area contributed by atoms with Gasteiger partial charge in [-0.3, -0.25) is 0 Å². The first-order valence-corrected chi connectivity index (χ1v) is 6.19. The highest BCUT2D eigenvalue weighted by Gasteiger charge is 2.21. The Morgan fingerprint density at radius 2 is 1.87 bits per heavy atom. The first-order valence-electron chi connectivity index (χ1n) is 6.19. The summed E-state index contributed by atoms with van der Waals surface area (Å²) in [7, 11) is 1.84. The Kier molecular flexibility index (Phi) is 4.92. The van der Waals surface area contributed by atoms with E-state index in [0.29, 0.717) is 6.04 Å². The van der Waals surface area contributed by atoms with Crippen molar-refractivity contribution in [3.8, 4) is 0 Å². The van der Waals surface area contributed by atoms with Crippen molar-refractivity contribution in [1.29, 1.82) is 0 Å². The molecule has 0 unspecified atom stereocenters. The maximum Gasteiger partial charge on any atom is 0.317 e. The van der Waals surface area contributed by atoms with Gasteiger partial charge in [0.1, 0.15) is 0 Å². The monoisotopic (exact) mass is 212 g/mol. The van der Waals surface area contributed by atoms with Crippen LogP contribution in [0.25, 0.3) is 0 Å². The van der Waals surface area contributed by atoms with Crippen LogP contribution in [-0.4, -0.2) is 30.6 Å². The van der Waals surface area contributed by atoms with Gasteiger partial charge in [-0.1, -0.05) is 13.3 Å². The van der Waals surface area contributed by atoms with E-state index in [-0.39, 0.29) is 6.03 Å². The largest absolute Gasteiger partial charge is 0.335 e. The number of carbonyl (C=O) groups excluding carboxylic acids is 1. The molecule has 3 nitrogen and oxygen atoms in total. The van der Waals surface area contributed by atoms with Crippen LogP contribution in [0.4, 0.5) is 4.79 Å². The molecule has 1 saturated carbocycles. The topological polar surface area (TPSA) is 32.3 Å². The summed E-state index contributed by atoms with van der Waals surface area (Å²) < 4.78 is 0. The van der Waals surface area contributed by atoms with Gasteiger partial charge in [0.05, 0.1) is 0 Å². The molecule has 1 aliphatic carbocycles. The van der Waals surface area contributed by atoms with E-state index in [1.54, 1.807) is 4.90 Å². The Bertz CT molecular complexity index is 198. The lowest BCUT2D eigenvalue weighted by Gasteiger charge is -2.29. The van der Waals surface area contributed by atoms with E-state index in [9.17, 15) is 4.79 Å². The van der Waals surface area contributed by atoms with Crippen molar-refractivity contribution >= 4 is 6.03 Å². The summed E-state index contributed by atoms with van der Waals surface area (Å²) in [5.74, 6) is 0.891. The normalized spacial score (nSPS) is 26.1. The number of nitrogens with zero attached hydrogens (tertiary/aromatic N) is 1. The molecule has 3 heteroatoms. The maximum atomic E-state index is 11.6. The third-order valence-corrected chi connectivity index (χ3v) is 3.57. The summed E-state index contributed by atoms with van der Waals surface area (Å²) in [6.07, 6.45) is 6.15. The Morgan fingerprint density at radius 3 is 2.33 bits per heavy atom. The van der Waals surface area contributed by atoms with Gasteiger partial charge < -0.3 is 10.2 Å². The standard InChI is InChI=1S/C12H24N2O/c1-4-10-6-8-11(9-7-10)13-12(15)14(3)5-2/h10-11H,4-9H2,1-3H3,(H,13,15). The zero-order valence-electron chi connectivity index (χ0n) is 10.3. The fraction of sp³-hybridized carbons (Fsp3) is 0.917. The van der Waals surface area contributed by atoms with Gasteiger partial charge in [0.25, 0.3) is 0 Å². The minimum Gasteiger partial charge on any atom is -0.335 e. The molecule has 0 atom stereocenters. The second kappa shape index (κ2) is 5.99. The highest BCUT2D eigenvalue weighted by atomic mass is 16.2. The molecule has 0 aliphatic heterocycles. The summed E-state index contributed by atoms with van der Waals surface area (Å²) in [5, 5.41) is 3.10. The van der Waals surface area contributed by atoms with E-state index in [1.165, 1.54) is 19.3 Å². The lowest BCUT2D eigenvalue weighted by Crippen LogP contribution is -2.44. The maximum absolute atomic E-state index is 11.6. The van der Waals surface area contributed by atoms with Crippen LogP contribution in [0.1, 0.15) is 46.0 Å². The molecule has 15 heavy (non-hydrogen) atoms. The van der Waals surface area contributed by atoms with Crippen molar-refractivity contribution in [1.82, 2.24) is 10.2 Å². The van der Waals surface area contributed by atoms with Gasteiger partial charge in [-0.25, -0.2) is 4.79 Å². The quantitative estimate of drug-likeness (QED) is 0.766. The zero-order valence-corrected chi connectivity index (χ0v) is 10.3. The summed E-state index contributed by atoms with van der Waals surface area (Å²) in [4.78, 5) is 13.3. The Balaban J connectivity index is 2.26. The number of amides is 2. The SMILES string of the molecule is CCC1CCC(NC(=O)N(C)CC)CC1. The van der Waals surface area contributed by atoms with Gasteiger partial charge in [-0.05, 0) is 38.5 Å². The average Bonchev–Trinajstić information content (AvgIpc) is 2.29. The molecular weight excluding hydrogens is 188 g/mol. The number of nitrogens with one attached hydrogen (secondary N) is 1. The number of rotatable bonds is 3. The summed E-state index contributed by atoms with van der Waals surface area (Å²) >= 11 is 0. The molecule has 1 rings (SSSR count). The number of urea groups is 1. The van der Waals surface area contributed by atoms with Crippen molar-refractivity contribution < 1.29 is 4.79 Å². The van der Waals surface area contributed by atoms with Crippen LogP contribution in [0.15, 0.2) is 0 Å². The molecule has 0 radical (unpaired) electrons. The van der Waals surface area contributed by atoms with Crippen molar-refractivity contribution in [3.63, 3.8) is 0 Å². The predicted molar refractivity (Wildman–Crippen MR) is 62.9 cm³/mol. The van der Waals surface area contributed by atoms with E-state index in [4.69, 9.17) is 0 Å². The van der Waals surface area contributed by atoms with Crippen LogP contribution in [0.5, 0.6) is 0 Å². The number of carbonyl (C=O) groups is 1. The lowest BCUT2D eigenvalue weighted by molar-refractivity contribution is 0.198. The molecule has 1 aliphatic rings. The Labute approximate surface area is 93.2 Å². The third-order valence-electron chi connectivity index (χ3n) is 3.57. The Morgan fingerprint density at radius 1 is 1.27 bits per heavy atom. The van der Waals surface area contributed by atoms with E-state index < -0.39 is 0 Å². The molecule has 0 spiro atoms. The van der Waals surface area contributed by atoms with Crippen molar-refractivity contribution in [2.24, 2.45) is 5.92 Å². The molecule has 0 aromatic heterocycles. The third kappa shape index (κ3) is 3.73. The second-order valence-electron chi connectivity index (χ2n) is 4.59.